The fourth-order valence-corrected chi connectivity index (χ4v) is 1.54. The molecule has 0 heterocycles. The van der Waals surface area contributed by atoms with Crippen molar-refractivity contribution in [2.75, 3.05) is 7.05 Å². The number of hydrogen-bond donors (Lipinski definition) is 1. The first-order chi connectivity index (χ1) is 5.31. The van der Waals surface area contributed by atoms with Crippen LogP contribution in [0, 0.1) is 5.92 Å². The largest absolute Gasteiger partial charge is 0.406 e. The highest BCUT2D eigenvalue weighted by Gasteiger charge is 2.54. The molecule has 0 saturated heterocycles. The van der Waals surface area contributed by atoms with E-state index in [1.807, 2.05) is 0 Å². The molecule has 0 aliphatic heterocycles. The van der Waals surface area contributed by atoms with E-state index in [2.05, 4.69) is 5.32 Å². The molecule has 0 spiro atoms. The van der Waals surface area contributed by atoms with Gasteiger partial charge < -0.3 is 5.32 Å². The van der Waals surface area contributed by atoms with E-state index in [1.165, 1.54) is 7.05 Å². The van der Waals surface area contributed by atoms with Gasteiger partial charge in [0.1, 0.15) is 5.54 Å². The van der Waals surface area contributed by atoms with Gasteiger partial charge in [-0.25, -0.2) is 0 Å². The van der Waals surface area contributed by atoms with Crippen LogP contribution in [0.3, 0.4) is 0 Å². The summed E-state index contributed by atoms with van der Waals surface area (Å²) in [7, 11) is 1.36. The van der Waals surface area contributed by atoms with E-state index < -0.39 is 17.6 Å². The summed E-state index contributed by atoms with van der Waals surface area (Å²) in [4.78, 5) is 0. The average Bonchev–Trinajstić information content (AvgIpc) is 1.87. The Kier molecular flexibility index (Phi) is 3.57. The molecule has 0 amide bonds. The second-order valence-corrected chi connectivity index (χ2v) is 3.23. The van der Waals surface area contributed by atoms with E-state index in [0.717, 1.165) is 0 Å². The maximum Gasteiger partial charge on any atom is 0.406 e. The molecule has 0 rings (SSSR count). The van der Waals surface area contributed by atoms with Gasteiger partial charge in [-0.1, -0.05) is 20.8 Å². The molecule has 74 valence electrons. The molecule has 0 bridgehead atoms. The smallest absolute Gasteiger partial charge is 0.306 e. The van der Waals surface area contributed by atoms with Crippen molar-refractivity contribution >= 4 is 0 Å². The van der Waals surface area contributed by atoms with Crippen molar-refractivity contribution in [3.05, 3.63) is 0 Å². The summed E-state index contributed by atoms with van der Waals surface area (Å²) in [5.74, 6) is -0.451. The number of rotatable bonds is 3. The molecule has 1 nitrogen and oxygen atoms in total. The number of halogens is 3. The van der Waals surface area contributed by atoms with Crippen LogP contribution in [-0.2, 0) is 0 Å². The van der Waals surface area contributed by atoms with Crippen LogP contribution in [0.4, 0.5) is 13.2 Å². The Bertz CT molecular complexity index is 136. The van der Waals surface area contributed by atoms with Crippen LogP contribution in [0.2, 0.25) is 0 Å². The molecule has 0 aromatic rings. The number of alkyl halides is 3. The van der Waals surface area contributed by atoms with Crippen molar-refractivity contribution in [1.82, 2.24) is 5.32 Å². The zero-order chi connectivity index (χ0) is 9.99. The summed E-state index contributed by atoms with van der Waals surface area (Å²) < 4.78 is 37.7. The van der Waals surface area contributed by atoms with Crippen LogP contribution in [0.5, 0.6) is 0 Å². The first kappa shape index (κ1) is 11.8. The van der Waals surface area contributed by atoms with Crippen LogP contribution < -0.4 is 5.32 Å². The Morgan fingerprint density at radius 3 is 1.67 bits per heavy atom. The molecule has 0 aliphatic rings. The summed E-state index contributed by atoms with van der Waals surface area (Å²) in [5.41, 5.74) is -1.73. The minimum absolute atomic E-state index is 0.0602. The normalized spacial score (nSPS) is 18.0. The monoisotopic (exact) mass is 183 g/mol. The van der Waals surface area contributed by atoms with Crippen molar-refractivity contribution in [2.45, 2.75) is 38.9 Å². The van der Waals surface area contributed by atoms with Gasteiger partial charge in [0.05, 0.1) is 0 Å². The summed E-state index contributed by atoms with van der Waals surface area (Å²) in [6.07, 6.45) is -4.12. The fourth-order valence-electron chi connectivity index (χ4n) is 1.54. The lowest BCUT2D eigenvalue weighted by Crippen LogP contribution is -2.58. The molecule has 1 unspecified atom stereocenters. The van der Waals surface area contributed by atoms with Crippen LogP contribution >= 0.6 is 0 Å². The predicted octanol–water partition coefficient (Wildman–Crippen LogP) is 2.57. The molecule has 0 fully saturated rings. The Labute approximate surface area is 71.3 Å². The van der Waals surface area contributed by atoms with Gasteiger partial charge in [0, 0.05) is 0 Å². The molecule has 1 atom stereocenters. The highest BCUT2D eigenvalue weighted by atomic mass is 19.4. The van der Waals surface area contributed by atoms with Gasteiger partial charge in [-0.3, -0.25) is 0 Å². The van der Waals surface area contributed by atoms with E-state index >= 15 is 0 Å². The summed E-state index contributed by atoms with van der Waals surface area (Å²) >= 11 is 0. The molecular weight excluding hydrogens is 167 g/mol. The molecule has 0 aromatic carbocycles. The minimum atomic E-state index is -4.18. The average molecular weight is 183 g/mol. The first-order valence-corrected chi connectivity index (χ1v) is 4.07. The topological polar surface area (TPSA) is 12.0 Å². The predicted molar refractivity (Wildman–Crippen MR) is 43.0 cm³/mol. The van der Waals surface area contributed by atoms with Crippen molar-refractivity contribution in [3.63, 3.8) is 0 Å². The van der Waals surface area contributed by atoms with Crippen molar-refractivity contribution in [1.29, 1.82) is 0 Å². The molecular formula is C8H16F3N. The summed E-state index contributed by atoms with van der Waals surface area (Å²) in [6, 6.07) is 0. The zero-order valence-electron chi connectivity index (χ0n) is 7.92. The van der Waals surface area contributed by atoms with E-state index in [9.17, 15) is 13.2 Å². The fraction of sp³-hybridized carbons (Fsp3) is 1.00. The molecule has 0 aliphatic carbocycles. The molecule has 0 saturated carbocycles. The molecule has 0 radical (unpaired) electrons. The van der Waals surface area contributed by atoms with Gasteiger partial charge in [-0.15, -0.1) is 0 Å². The van der Waals surface area contributed by atoms with Crippen molar-refractivity contribution in [3.8, 4) is 0 Å². The maximum atomic E-state index is 12.6. The molecule has 12 heavy (non-hydrogen) atoms. The Morgan fingerprint density at radius 2 is 1.67 bits per heavy atom. The van der Waals surface area contributed by atoms with Crippen LogP contribution in [0.25, 0.3) is 0 Å². The van der Waals surface area contributed by atoms with E-state index in [0.29, 0.717) is 0 Å². The standard InChI is InChI=1S/C8H16F3N/c1-5-7(12-4,6(2)3)8(9,10)11/h6,12H,5H2,1-4H3. The lowest BCUT2D eigenvalue weighted by atomic mass is 9.83. The van der Waals surface area contributed by atoms with Crippen LogP contribution in [0.15, 0.2) is 0 Å². The third-order valence-electron chi connectivity index (χ3n) is 2.50. The van der Waals surface area contributed by atoms with E-state index in [1.54, 1.807) is 20.8 Å². The second kappa shape index (κ2) is 3.64. The number of nitrogens with one attached hydrogen (secondary N) is 1. The Balaban J connectivity index is 4.83. The van der Waals surface area contributed by atoms with Crippen LogP contribution in [-0.4, -0.2) is 18.8 Å². The summed E-state index contributed by atoms with van der Waals surface area (Å²) in [5, 5.41) is 2.38. The Morgan fingerprint density at radius 1 is 1.25 bits per heavy atom. The Hall–Kier alpha value is -0.250. The zero-order valence-corrected chi connectivity index (χ0v) is 7.92. The summed E-state index contributed by atoms with van der Waals surface area (Å²) in [6.45, 7) is 4.70. The highest BCUT2D eigenvalue weighted by Crippen LogP contribution is 2.38. The van der Waals surface area contributed by atoms with Gasteiger partial charge in [-0.2, -0.15) is 13.2 Å². The maximum absolute atomic E-state index is 12.6. The number of hydrogen-bond acceptors (Lipinski definition) is 1. The minimum Gasteiger partial charge on any atom is -0.306 e. The van der Waals surface area contributed by atoms with Gasteiger partial charge in [-0.05, 0) is 19.4 Å². The van der Waals surface area contributed by atoms with Crippen molar-refractivity contribution < 1.29 is 13.2 Å². The van der Waals surface area contributed by atoms with Gasteiger partial charge in [0.15, 0.2) is 0 Å². The van der Waals surface area contributed by atoms with Gasteiger partial charge in [0.25, 0.3) is 0 Å². The lowest BCUT2D eigenvalue weighted by molar-refractivity contribution is -0.209. The molecule has 0 aromatic heterocycles. The van der Waals surface area contributed by atoms with E-state index in [-0.39, 0.29) is 6.42 Å². The SMILES string of the molecule is CCC(NC)(C(C)C)C(F)(F)F. The van der Waals surface area contributed by atoms with E-state index in [4.69, 9.17) is 0 Å². The van der Waals surface area contributed by atoms with Crippen molar-refractivity contribution in [2.24, 2.45) is 5.92 Å². The first-order valence-electron chi connectivity index (χ1n) is 4.07. The van der Waals surface area contributed by atoms with Gasteiger partial charge >= 0.3 is 6.18 Å². The second-order valence-electron chi connectivity index (χ2n) is 3.23. The lowest BCUT2D eigenvalue weighted by Gasteiger charge is -2.38. The molecule has 1 N–H and O–H groups in total. The molecule has 4 heteroatoms. The third-order valence-corrected chi connectivity index (χ3v) is 2.50. The third kappa shape index (κ3) is 1.73. The van der Waals surface area contributed by atoms with Gasteiger partial charge in [0.2, 0.25) is 0 Å². The van der Waals surface area contributed by atoms with Crippen LogP contribution in [0.1, 0.15) is 27.2 Å². The highest BCUT2D eigenvalue weighted by molar-refractivity contribution is 4.95. The quantitative estimate of drug-likeness (QED) is 0.709.